The Kier molecular flexibility index (Phi) is 7.32. The third-order valence-corrected chi connectivity index (χ3v) is 8.46. The highest BCUT2D eigenvalue weighted by Gasteiger charge is 2.54. The lowest BCUT2D eigenvalue weighted by Gasteiger charge is -2.49. The molecule has 190 valence electrons. The molecule has 0 spiro atoms. The fraction of sp³-hybridized carbons (Fsp3) is 0.368. The number of aromatic nitrogens is 1. The number of nitrogens with one attached hydrogen (secondary N) is 2. The number of carbonyl (C=O) groups is 5. The molecule has 1 aromatic heterocycles. The number of hydrogen-bond acceptors (Lipinski definition) is 12. The molecule has 14 nitrogen and oxygen atoms in total. The van der Waals surface area contributed by atoms with Gasteiger partial charge in [-0.05, 0) is 12.5 Å². The van der Waals surface area contributed by atoms with Gasteiger partial charge in [-0.3, -0.25) is 24.1 Å². The number of β-lactam (4-membered cyclic amide) rings is 1. The third-order valence-electron chi connectivity index (χ3n) is 5.22. The van der Waals surface area contributed by atoms with Gasteiger partial charge < -0.3 is 26.3 Å². The lowest BCUT2D eigenvalue weighted by atomic mass is 10.0. The number of carboxylic acid groups (broad SMARTS) is 1. The Bertz CT molecular complexity index is 1260. The molecule has 3 aliphatic heterocycles. The third kappa shape index (κ3) is 4.80. The van der Waals surface area contributed by atoms with Crippen molar-refractivity contribution >= 4 is 80.3 Å². The molecule has 0 radical (unpaired) electrons. The largest absolute Gasteiger partial charge is 0.477 e. The molecule has 3 unspecified atom stereocenters. The number of fused-ring (bicyclic) bond motifs is 1. The first-order chi connectivity index (χ1) is 17.1. The summed E-state index contributed by atoms with van der Waals surface area (Å²) in [5.74, 6) is -3.93. The molecule has 3 atom stereocenters. The number of aliphatic imine (C=N–C) groups is 1. The molecule has 36 heavy (non-hydrogen) atoms. The quantitative estimate of drug-likeness (QED) is 0.139. The first-order valence-corrected chi connectivity index (χ1v) is 13.1. The Morgan fingerprint density at radius 3 is 2.81 bits per heavy atom. The summed E-state index contributed by atoms with van der Waals surface area (Å²) >= 11 is 3.50. The van der Waals surface area contributed by atoms with Gasteiger partial charge in [0.15, 0.2) is 10.8 Å². The molecule has 0 saturated carbocycles. The Hall–Kier alpha value is -3.44. The van der Waals surface area contributed by atoms with Crippen LogP contribution in [0.2, 0.25) is 0 Å². The summed E-state index contributed by atoms with van der Waals surface area (Å²) in [6.45, 7) is 1.65. The first-order valence-electron chi connectivity index (χ1n) is 10.2. The highest BCUT2D eigenvalue weighted by molar-refractivity contribution is 8.14. The van der Waals surface area contributed by atoms with Crippen molar-refractivity contribution in [2.45, 2.75) is 24.4 Å². The molecule has 0 aliphatic carbocycles. The second-order valence-electron chi connectivity index (χ2n) is 7.55. The molecule has 1 fully saturated rings. The maximum absolute atomic E-state index is 12.9. The van der Waals surface area contributed by atoms with Crippen molar-refractivity contribution in [3.05, 3.63) is 22.3 Å². The van der Waals surface area contributed by atoms with Gasteiger partial charge in [-0.25, -0.2) is 14.8 Å². The molecule has 4 amide bonds. The zero-order chi connectivity index (χ0) is 26.1. The van der Waals surface area contributed by atoms with E-state index in [1.165, 1.54) is 24.3 Å². The molecule has 1 saturated heterocycles. The van der Waals surface area contributed by atoms with E-state index in [0.717, 1.165) is 28.0 Å². The van der Waals surface area contributed by atoms with E-state index >= 15 is 0 Å². The van der Waals surface area contributed by atoms with Crippen LogP contribution in [0.1, 0.15) is 12.6 Å². The highest BCUT2D eigenvalue weighted by atomic mass is 32.2. The van der Waals surface area contributed by atoms with Crippen molar-refractivity contribution in [3.63, 3.8) is 0 Å². The van der Waals surface area contributed by atoms with Gasteiger partial charge in [-0.1, -0.05) is 5.16 Å². The second kappa shape index (κ2) is 10.3. The summed E-state index contributed by atoms with van der Waals surface area (Å²) in [6.07, 6.45) is 0. The van der Waals surface area contributed by atoms with Crippen LogP contribution in [0, 0.1) is 0 Å². The highest BCUT2D eigenvalue weighted by Crippen LogP contribution is 2.41. The number of thiazole rings is 1. The second-order valence-corrected chi connectivity index (χ2v) is 10.5. The summed E-state index contributed by atoms with van der Waals surface area (Å²) < 4.78 is 0. The van der Waals surface area contributed by atoms with Crippen molar-refractivity contribution < 1.29 is 33.9 Å². The van der Waals surface area contributed by atoms with Crippen LogP contribution in [0.4, 0.5) is 5.13 Å². The smallest absolute Gasteiger partial charge is 0.352 e. The topological polar surface area (TPSA) is 206 Å². The van der Waals surface area contributed by atoms with Crippen LogP contribution in [-0.2, 0) is 28.8 Å². The lowest BCUT2D eigenvalue weighted by molar-refractivity contribution is -0.150. The minimum absolute atomic E-state index is 0.143. The maximum Gasteiger partial charge on any atom is 0.352 e. The Morgan fingerprint density at radius 2 is 2.17 bits per heavy atom. The van der Waals surface area contributed by atoms with E-state index in [9.17, 15) is 29.1 Å². The Labute approximate surface area is 215 Å². The van der Waals surface area contributed by atoms with Crippen LogP contribution in [0.5, 0.6) is 0 Å². The average Bonchev–Trinajstić information content (AvgIpc) is 3.27. The predicted molar refractivity (Wildman–Crippen MR) is 132 cm³/mol. The van der Waals surface area contributed by atoms with Crippen LogP contribution < -0.4 is 16.4 Å². The van der Waals surface area contributed by atoms with E-state index in [1.807, 2.05) is 0 Å². The van der Waals surface area contributed by atoms with E-state index in [1.54, 1.807) is 6.92 Å². The maximum atomic E-state index is 12.9. The number of carbonyl (C=O) groups excluding carboxylic acids is 4. The molecular formula is C19H19N7O7S3. The van der Waals surface area contributed by atoms with Gasteiger partial charge >= 0.3 is 17.8 Å². The van der Waals surface area contributed by atoms with Gasteiger partial charge in [0, 0.05) is 16.9 Å². The van der Waals surface area contributed by atoms with Crippen molar-refractivity contribution in [1.82, 2.24) is 20.5 Å². The molecule has 4 heterocycles. The van der Waals surface area contributed by atoms with Crippen LogP contribution in [0.15, 0.2) is 26.8 Å². The summed E-state index contributed by atoms with van der Waals surface area (Å²) in [7, 11) is 1.25. The van der Waals surface area contributed by atoms with Crippen LogP contribution in [0.3, 0.4) is 0 Å². The molecule has 1 aromatic rings. The monoisotopic (exact) mass is 553 g/mol. The number of nitrogen functional groups attached to an aromatic ring is 1. The number of nitrogens with two attached hydrogens (primary N) is 1. The van der Waals surface area contributed by atoms with E-state index < -0.39 is 47.1 Å². The Balaban J connectivity index is 1.48. The Morgan fingerprint density at radius 1 is 1.42 bits per heavy atom. The van der Waals surface area contributed by atoms with Gasteiger partial charge in [0.25, 0.3) is 11.8 Å². The molecule has 4 rings (SSSR count). The number of carboxylic acids is 1. The normalized spacial score (nSPS) is 24.0. The van der Waals surface area contributed by atoms with Crippen LogP contribution in [-0.4, -0.2) is 91.4 Å². The zero-order valence-electron chi connectivity index (χ0n) is 18.7. The predicted octanol–water partition coefficient (Wildman–Crippen LogP) is -1.01. The number of anilines is 1. The van der Waals surface area contributed by atoms with Gasteiger partial charge in [0.2, 0.25) is 0 Å². The van der Waals surface area contributed by atoms with Crippen molar-refractivity contribution in [3.8, 4) is 0 Å². The van der Waals surface area contributed by atoms with E-state index in [0.29, 0.717) is 10.6 Å². The van der Waals surface area contributed by atoms with Gasteiger partial charge in [0.05, 0.1) is 6.04 Å². The number of nitrogens with zero attached hydrogens (tertiary/aromatic N) is 4. The minimum atomic E-state index is -1.29. The van der Waals surface area contributed by atoms with E-state index in [4.69, 9.17) is 10.6 Å². The fourth-order valence-corrected chi connectivity index (χ4v) is 6.62. The minimum Gasteiger partial charge on any atom is -0.477 e. The number of amides is 4. The number of thioether (sulfide) groups is 2. The molecule has 5 N–H and O–H groups in total. The fourth-order valence-electron chi connectivity index (χ4n) is 3.58. The van der Waals surface area contributed by atoms with Crippen molar-refractivity contribution in [1.29, 1.82) is 0 Å². The van der Waals surface area contributed by atoms with Crippen LogP contribution in [0.25, 0.3) is 0 Å². The number of oxime groups is 1. The van der Waals surface area contributed by atoms with E-state index in [2.05, 4.69) is 25.8 Å². The summed E-state index contributed by atoms with van der Waals surface area (Å²) in [4.78, 5) is 74.4. The standard InChI is InChI=1S/C19H19N7O7S3/c1-6-15(24-14(29)13(28)21-6)34-3-7-4-35-17-10(16(30)26(17)11(7)18(31)32)23-12(27)9(25-33-2)8-5-36-19(20)22-8/h5-6,10,17H,3-4H2,1-2H3,(H2,20,22)(H,21,28)(H,23,27)(H,31,32)/b25-9-. The van der Waals surface area contributed by atoms with Crippen molar-refractivity contribution in [2.24, 2.45) is 10.1 Å². The molecule has 0 bridgehead atoms. The van der Waals surface area contributed by atoms with E-state index in [-0.39, 0.29) is 33.7 Å². The lowest BCUT2D eigenvalue weighted by Crippen LogP contribution is -2.71. The molecule has 17 heteroatoms. The average molecular weight is 554 g/mol. The summed E-state index contributed by atoms with van der Waals surface area (Å²) in [6, 6.07) is -1.49. The molecule has 0 aromatic carbocycles. The molecular weight excluding hydrogens is 534 g/mol. The summed E-state index contributed by atoms with van der Waals surface area (Å²) in [5, 5.41) is 20.0. The summed E-state index contributed by atoms with van der Waals surface area (Å²) in [5.41, 5.74) is 5.89. The SMILES string of the molecule is CO/N=C(\C(=O)NC1C(=O)N2C(C(=O)O)=C(CSC3=NC(=O)C(=O)NC3C)CSC12)c1csc(N)n1. The number of aliphatic carboxylic acids is 1. The molecule has 3 aliphatic rings. The number of hydrogen-bond donors (Lipinski definition) is 4. The number of rotatable bonds is 7. The zero-order valence-corrected chi connectivity index (χ0v) is 21.2. The van der Waals surface area contributed by atoms with Crippen molar-refractivity contribution in [2.75, 3.05) is 24.3 Å². The van der Waals surface area contributed by atoms with Gasteiger partial charge in [0.1, 0.15) is 35.0 Å². The first kappa shape index (κ1) is 25.6. The van der Waals surface area contributed by atoms with Crippen LogP contribution >= 0.6 is 34.9 Å². The van der Waals surface area contributed by atoms with Gasteiger partial charge in [-0.2, -0.15) is 0 Å². The van der Waals surface area contributed by atoms with Gasteiger partial charge in [-0.15, -0.1) is 34.9 Å².